The molecule has 0 fully saturated rings. The topological polar surface area (TPSA) is 112 Å². The van der Waals surface area contributed by atoms with Gasteiger partial charge in [-0.15, -0.1) is 0 Å². The molecule has 0 saturated carbocycles. The van der Waals surface area contributed by atoms with Gasteiger partial charge in [0.1, 0.15) is 12.4 Å². The highest BCUT2D eigenvalue weighted by Crippen LogP contribution is 2.21. The minimum atomic E-state index is -0.679. The number of esters is 2. The third-order valence-corrected chi connectivity index (χ3v) is 5.09. The van der Waals surface area contributed by atoms with Crippen molar-refractivity contribution in [3.05, 3.63) is 33.9 Å². The van der Waals surface area contributed by atoms with E-state index in [0.717, 1.165) is 25.7 Å². The average molecular weight is 495 g/mol. The van der Waals surface area contributed by atoms with Crippen LogP contribution in [0.4, 0.5) is 0 Å². The van der Waals surface area contributed by atoms with Gasteiger partial charge in [-0.2, -0.15) is 0 Å². The molecule has 1 rings (SSSR count). The lowest BCUT2D eigenvalue weighted by molar-refractivity contribution is -0.154. The predicted octanol–water partition coefficient (Wildman–Crippen LogP) is 5.19. The van der Waals surface area contributed by atoms with Gasteiger partial charge in [-0.3, -0.25) is 14.4 Å². The summed E-state index contributed by atoms with van der Waals surface area (Å²) in [7, 11) is 0. The van der Waals surface area contributed by atoms with Crippen molar-refractivity contribution in [3.8, 4) is 5.75 Å². The number of carbonyl (C=O) groups excluding carboxylic acids is 2. The normalized spacial score (nSPS) is 12.5. The molecule has 1 heterocycles. The minimum absolute atomic E-state index is 0.0401. The fraction of sp³-hybridized carbons (Fsp3) is 0.667. The maximum atomic E-state index is 12.8. The van der Waals surface area contributed by atoms with Crippen LogP contribution in [-0.4, -0.2) is 36.4 Å². The lowest BCUT2D eigenvalue weighted by Crippen LogP contribution is -2.23. The van der Waals surface area contributed by atoms with Gasteiger partial charge in [0.25, 0.3) is 0 Å². The SMILES string of the molecule is CCCCCC(O)C=Cc1oc(COC(=O)C(C)(C)C)cc(=O)c1OCCCCCC(=O)OCC. The van der Waals surface area contributed by atoms with Crippen molar-refractivity contribution in [2.75, 3.05) is 13.2 Å². The van der Waals surface area contributed by atoms with Crippen LogP contribution >= 0.6 is 0 Å². The fourth-order valence-corrected chi connectivity index (χ4v) is 3.08. The molecule has 8 heteroatoms. The van der Waals surface area contributed by atoms with Gasteiger partial charge in [0.2, 0.25) is 11.2 Å². The van der Waals surface area contributed by atoms with Gasteiger partial charge in [-0.1, -0.05) is 32.3 Å². The van der Waals surface area contributed by atoms with E-state index in [-0.39, 0.29) is 36.5 Å². The van der Waals surface area contributed by atoms with Crippen molar-refractivity contribution < 1.29 is 33.3 Å². The fourth-order valence-electron chi connectivity index (χ4n) is 3.08. The predicted molar refractivity (Wildman–Crippen MR) is 134 cm³/mol. The van der Waals surface area contributed by atoms with Gasteiger partial charge in [-0.05, 0) is 59.5 Å². The van der Waals surface area contributed by atoms with Crippen molar-refractivity contribution in [3.63, 3.8) is 0 Å². The van der Waals surface area contributed by atoms with Crippen molar-refractivity contribution in [1.82, 2.24) is 0 Å². The standard InChI is InChI=1S/C27H42O8/c1-6-8-10-13-20(28)15-16-23-25(33-17-12-9-11-14-24(30)32-7-2)22(29)18-21(35-23)19-34-26(31)27(3,4)5/h15-16,18,20,28H,6-14,17,19H2,1-5H3. The first-order chi connectivity index (χ1) is 16.6. The molecule has 0 aliphatic heterocycles. The summed E-state index contributed by atoms with van der Waals surface area (Å²) in [6, 6.07) is 1.25. The number of carbonyl (C=O) groups is 2. The second-order valence-electron chi connectivity index (χ2n) is 9.48. The van der Waals surface area contributed by atoms with Gasteiger partial charge >= 0.3 is 11.9 Å². The number of ether oxygens (including phenoxy) is 3. The molecule has 0 spiro atoms. The zero-order valence-corrected chi connectivity index (χ0v) is 21.9. The third kappa shape index (κ3) is 12.6. The molecule has 8 nitrogen and oxygen atoms in total. The third-order valence-electron chi connectivity index (χ3n) is 5.09. The molecule has 1 N–H and O–H groups in total. The van der Waals surface area contributed by atoms with Gasteiger partial charge in [0.15, 0.2) is 5.76 Å². The highest BCUT2D eigenvalue weighted by molar-refractivity contribution is 5.75. The second-order valence-corrected chi connectivity index (χ2v) is 9.48. The van der Waals surface area contributed by atoms with Crippen molar-refractivity contribution in [1.29, 1.82) is 0 Å². The number of aliphatic hydroxyl groups is 1. The van der Waals surface area contributed by atoms with Crippen LogP contribution in [0.15, 0.2) is 21.4 Å². The van der Waals surface area contributed by atoms with E-state index in [1.807, 2.05) is 0 Å². The summed E-state index contributed by atoms with van der Waals surface area (Å²) in [6.45, 7) is 9.54. The molecule has 198 valence electrons. The van der Waals surface area contributed by atoms with Crippen molar-refractivity contribution in [2.45, 2.75) is 98.7 Å². The van der Waals surface area contributed by atoms with Crippen LogP contribution in [0.5, 0.6) is 5.75 Å². The molecule has 1 unspecified atom stereocenters. The molecule has 0 aliphatic carbocycles. The van der Waals surface area contributed by atoms with Crippen molar-refractivity contribution >= 4 is 18.0 Å². The van der Waals surface area contributed by atoms with Crippen LogP contribution in [0.3, 0.4) is 0 Å². The Bertz CT molecular complexity index is 863. The Morgan fingerprint density at radius 2 is 1.83 bits per heavy atom. The van der Waals surface area contributed by atoms with Crippen LogP contribution in [0.2, 0.25) is 0 Å². The summed E-state index contributed by atoms with van der Waals surface area (Å²) in [4.78, 5) is 36.2. The zero-order valence-electron chi connectivity index (χ0n) is 21.9. The van der Waals surface area contributed by atoms with E-state index < -0.39 is 22.9 Å². The van der Waals surface area contributed by atoms with E-state index in [2.05, 4.69) is 6.92 Å². The molecule has 1 aromatic heterocycles. The summed E-state index contributed by atoms with van der Waals surface area (Å²) in [5.41, 5.74) is -1.08. The van der Waals surface area contributed by atoms with Gasteiger partial charge < -0.3 is 23.7 Å². The Morgan fingerprint density at radius 1 is 1.09 bits per heavy atom. The summed E-state index contributed by atoms with van der Waals surface area (Å²) < 4.78 is 21.7. The number of hydrogen-bond acceptors (Lipinski definition) is 8. The molecule has 0 radical (unpaired) electrons. The van der Waals surface area contributed by atoms with E-state index in [0.29, 0.717) is 32.3 Å². The lowest BCUT2D eigenvalue weighted by atomic mass is 9.97. The first-order valence-electron chi connectivity index (χ1n) is 12.6. The Kier molecular flexibility index (Phi) is 14.0. The van der Waals surface area contributed by atoms with Crippen molar-refractivity contribution in [2.24, 2.45) is 5.41 Å². The molecule has 1 aromatic rings. The average Bonchev–Trinajstić information content (AvgIpc) is 2.79. The monoisotopic (exact) mass is 494 g/mol. The van der Waals surface area contributed by atoms with Crippen LogP contribution in [0.25, 0.3) is 6.08 Å². The summed E-state index contributed by atoms with van der Waals surface area (Å²) >= 11 is 0. The Balaban J connectivity index is 2.87. The first-order valence-corrected chi connectivity index (χ1v) is 12.6. The smallest absolute Gasteiger partial charge is 0.311 e. The first kappa shape index (κ1) is 30.4. The maximum absolute atomic E-state index is 12.8. The molecule has 0 bridgehead atoms. The molecule has 0 saturated heterocycles. The minimum Gasteiger partial charge on any atom is -0.486 e. The summed E-state index contributed by atoms with van der Waals surface area (Å²) in [6.07, 6.45) is 8.42. The van der Waals surface area contributed by atoms with Gasteiger partial charge in [0, 0.05) is 12.5 Å². The highest BCUT2D eigenvalue weighted by Gasteiger charge is 2.23. The lowest BCUT2D eigenvalue weighted by Gasteiger charge is -2.16. The highest BCUT2D eigenvalue weighted by atomic mass is 16.5. The molecular formula is C27H42O8. The van der Waals surface area contributed by atoms with Crippen LogP contribution < -0.4 is 10.2 Å². The summed E-state index contributed by atoms with van der Waals surface area (Å²) in [5, 5.41) is 10.2. The number of aliphatic hydroxyl groups excluding tert-OH is 1. The van der Waals surface area contributed by atoms with E-state index >= 15 is 0 Å². The molecule has 0 aromatic carbocycles. The Labute approximate surface area is 208 Å². The summed E-state index contributed by atoms with van der Waals surface area (Å²) in [5.74, 6) is -0.235. The Hall–Kier alpha value is -2.61. The number of hydrogen-bond donors (Lipinski definition) is 1. The van der Waals surface area contributed by atoms with E-state index in [1.165, 1.54) is 12.1 Å². The molecule has 35 heavy (non-hydrogen) atoms. The molecular weight excluding hydrogens is 452 g/mol. The molecule has 0 amide bonds. The van der Waals surface area contributed by atoms with Gasteiger partial charge in [-0.25, -0.2) is 0 Å². The molecule has 0 aliphatic rings. The Morgan fingerprint density at radius 3 is 2.49 bits per heavy atom. The number of rotatable bonds is 16. The van der Waals surface area contributed by atoms with Gasteiger partial charge in [0.05, 0.1) is 24.7 Å². The quantitative estimate of drug-likeness (QED) is 0.247. The van der Waals surface area contributed by atoms with Crippen LogP contribution in [0, 0.1) is 5.41 Å². The maximum Gasteiger partial charge on any atom is 0.311 e. The largest absolute Gasteiger partial charge is 0.486 e. The molecule has 1 atom stereocenters. The van der Waals surface area contributed by atoms with Crippen LogP contribution in [0.1, 0.15) is 97.5 Å². The second kappa shape index (κ2) is 16.1. The van der Waals surface area contributed by atoms with E-state index in [1.54, 1.807) is 33.8 Å². The number of unbranched alkanes of at least 4 members (excludes halogenated alkanes) is 4. The van der Waals surface area contributed by atoms with E-state index in [9.17, 15) is 19.5 Å². The van der Waals surface area contributed by atoms with Crippen LogP contribution in [-0.2, 0) is 25.7 Å². The zero-order chi connectivity index (χ0) is 26.3. The van der Waals surface area contributed by atoms with E-state index in [4.69, 9.17) is 18.6 Å².